The molecule has 0 atom stereocenters. The number of aromatic nitrogens is 2. The number of hydrogen-bond donors (Lipinski definition) is 0. The van der Waals surface area contributed by atoms with Gasteiger partial charge in [0.25, 0.3) is 0 Å². The van der Waals surface area contributed by atoms with Crippen LogP contribution in [0.25, 0.3) is 22.4 Å². The van der Waals surface area contributed by atoms with E-state index in [0.717, 1.165) is 35.6 Å². The summed E-state index contributed by atoms with van der Waals surface area (Å²) in [6.07, 6.45) is 0.924. The number of imidazole rings is 1. The van der Waals surface area contributed by atoms with Crippen molar-refractivity contribution in [1.82, 2.24) is 9.55 Å². The molecule has 1 heterocycles. The summed E-state index contributed by atoms with van der Waals surface area (Å²) in [6, 6.07) is 25.0. The summed E-state index contributed by atoms with van der Waals surface area (Å²) < 4.78 is 8.32. The zero-order chi connectivity index (χ0) is 18.6. The molecule has 0 saturated heterocycles. The Balaban J connectivity index is 1.53. The predicted molar refractivity (Wildman–Crippen MR) is 111 cm³/mol. The molecule has 27 heavy (non-hydrogen) atoms. The van der Waals surface area contributed by atoms with Crippen molar-refractivity contribution in [1.29, 1.82) is 0 Å². The van der Waals surface area contributed by atoms with Gasteiger partial charge in [0.15, 0.2) is 0 Å². The first-order valence-electron chi connectivity index (χ1n) is 9.43. The van der Waals surface area contributed by atoms with Crippen molar-refractivity contribution in [2.75, 3.05) is 6.61 Å². The first kappa shape index (κ1) is 17.3. The number of aryl methyl sites for hydroxylation is 3. The van der Waals surface area contributed by atoms with Crippen molar-refractivity contribution in [3.8, 4) is 17.1 Å². The number of ether oxygens (including phenoxy) is 1. The van der Waals surface area contributed by atoms with Crippen LogP contribution in [-0.4, -0.2) is 16.2 Å². The third kappa shape index (κ3) is 3.72. The van der Waals surface area contributed by atoms with Crippen LogP contribution in [-0.2, 0) is 6.54 Å². The largest absolute Gasteiger partial charge is 0.493 e. The highest BCUT2D eigenvalue weighted by atomic mass is 16.5. The summed E-state index contributed by atoms with van der Waals surface area (Å²) in [5.74, 6) is 1.99. The number of hydrogen-bond acceptors (Lipinski definition) is 2. The molecule has 3 heteroatoms. The second kappa shape index (κ2) is 7.67. The quantitative estimate of drug-likeness (QED) is 0.409. The van der Waals surface area contributed by atoms with Crippen LogP contribution in [0.2, 0.25) is 0 Å². The van der Waals surface area contributed by atoms with Gasteiger partial charge in [0.2, 0.25) is 0 Å². The first-order chi connectivity index (χ1) is 13.2. The Morgan fingerprint density at radius 2 is 1.67 bits per heavy atom. The maximum atomic E-state index is 6.01. The molecule has 0 fully saturated rings. The maximum absolute atomic E-state index is 6.01. The topological polar surface area (TPSA) is 27.1 Å². The summed E-state index contributed by atoms with van der Waals surface area (Å²) in [5, 5.41) is 0. The van der Waals surface area contributed by atoms with E-state index in [-0.39, 0.29) is 0 Å². The molecule has 0 spiro atoms. The molecule has 0 radical (unpaired) electrons. The fourth-order valence-electron chi connectivity index (χ4n) is 3.48. The van der Waals surface area contributed by atoms with E-state index in [1.807, 2.05) is 12.1 Å². The van der Waals surface area contributed by atoms with Crippen LogP contribution in [0.5, 0.6) is 5.75 Å². The van der Waals surface area contributed by atoms with Gasteiger partial charge in [-0.2, -0.15) is 0 Å². The van der Waals surface area contributed by atoms with Crippen LogP contribution >= 0.6 is 0 Å². The third-order valence-corrected chi connectivity index (χ3v) is 4.80. The minimum Gasteiger partial charge on any atom is -0.493 e. The number of para-hydroxylation sites is 2. The van der Waals surface area contributed by atoms with Crippen LogP contribution in [0.3, 0.4) is 0 Å². The molecule has 0 bridgehead atoms. The van der Waals surface area contributed by atoms with Crippen molar-refractivity contribution in [2.45, 2.75) is 26.8 Å². The number of benzene rings is 3. The van der Waals surface area contributed by atoms with Gasteiger partial charge in [-0.15, -0.1) is 0 Å². The van der Waals surface area contributed by atoms with E-state index in [0.29, 0.717) is 6.61 Å². The van der Waals surface area contributed by atoms with Gasteiger partial charge in [-0.25, -0.2) is 4.98 Å². The van der Waals surface area contributed by atoms with Gasteiger partial charge < -0.3 is 9.30 Å². The normalized spacial score (nSPS) is 11.0. The molecule has 3 aromatic carbocycles. The van der Waals surface area contributed by atoms with Gasteiger partial charge in [-0.05, 0) is 44.0 Å². The fourth-order valence-corrected chi connectivity index (χ4v) is 3.48. The molecule has 0 saturated carbocycles. The highest BCUT2D eigenvalue weighted by Crippen LogP contribution is 2.25. The number of fused-ring (bicyclic) bond motifs is 1. The van der Waals surface area contributed by atoms with Crippen molar-refractivity contribution in [2.24, 2.45) is 0 Å². The van der Waals surface area contributed by atoms with Crippen molar-refractivity contribution >= 4 is 11.0 Å². The van der Waals surface area contributed by atoms with Crippen LogP contribution in [0.1, 0.15) is 17.5 Å². The molecular weight excluding hydrogens is 332 g/mol. The molecule has 1 aromatic heterocycles. The highest BCUT2D eigenvalue weighted by molar-refractivity contribution is 5.80. The molecule has 0 unspecified atom stereocenters. The average Bonchev–Trinajstić information content (AvgIpc) is 3.06. The number of nitrogens with zero attached hydrogens (tertiary/aromatic N) is 2. The van der Waals surface area contributed by atoms with Gasteiger partial charge in [0.05, 0.1) is 17.6 Å². The molecule has 0 aliphatic heterocycles. The Morgan fingerprint density at radius 1 is 0.889 bits per heavy atom. The lowest BCUT2D eigenvalue weighted by Gasteiger charge is -2.12. The number of rotatable bonds is 6. The SMILES string of the molecule is Cc1ccc(OCCCn2c(-c3ccccc3)nc3ccccc32)c(C)c1. The van der Waals surface area contributed by atoms with Crippen molar-refractivity contribution in [3.63, 3.8) is 0 Å². The van der Waals surface area contributed by atoms with E-state index in [2.05, 4.69) is 79.1 Å². The van der Waals surface area contributed by atoms with E-state index in [9.17, 15) is 0 Å². The van der Waals surface area contributed by atoms with Crippen molar-refractivity contribution in [3.05, 3.63) is 83.9 Å². The average molecular weight is 356 g/mol. The summed E-state index contributed by atoms with van der Waals surface area (Å²) in [7, 11) is 0. The molecule has 0 aliphatic carbocycles. The van der Waals surface area contributed by atoms with Gasteiger partial charge in [-0.1, -0.05) is 60.2 Å². The summed E-state index contributed by atoms with van der Waals surface area (Å²) in [6.45, 7) is 5.76. The fraction of sp³-hybridized carbons (Fsp3) is 0.208. The zero-order valence-corrected chi connectivity index (χ0v) is 15.9. The summed E-state index contributed by atoms with van der Waals surface area (Å²) in [5.41, 5.74) is 5.80. The van der Waals surface area contributed by atoms with Gasteiger partial charge in [0, 0.05) is 12.1 Å². The Bertz CT molecular complexity index is 1050. The van der Waals surface area contributed by atoms with Gasteiger partial charge in [0.1, 0.15) is 11.6 Å². The zero-order valence-electron chi connectivity index (χ0n) is 15.9. The smallest absolute Gasteiger partial charge is 0.141 e. The first-order valence-corrected chi connectivity index (χ1v) is 9.43. The Kier molecular flexibility index (Phi) is 4.93. The predicted octanol–water partition coefficient (Wildman–Crippen LogP) is 5.79. The van der Waals surface area contributed by atoms with Crippen molar-refractivity contribution < 1.29 is 4.74 Å². The van der Waals surface area contributed by atoms with E-state index >= 15 is 0 Å². The Morgan fingerprint density at radius 3 is 2.48 bits per heavy atom. The molecular formula is C24H24N2O. The molecule has 4 aromatic rings. The van der Waals surface area contributed by atoms with Crippen LogP contribution < -0.4 is 4.74 Å². The van der Waals surface area contributed by atoms with Crippen LogP contribution in [0.15, 0.2) is 72.8 Å². The van der Waals surface area contributed by atoms with E-state index < -0.39 is 0 Å². The standard InChI is InChI=1S/C24H24N2O/c1-18-13-14-23(19(2)17-18)27-16-8-15-26-22-12-7-6-11-21(22)25-24(26)20-9-4-3-5-10-20/h3-7,9-14,17H,8,15-16H2,1-2H3. The molecule has 136 valence electrons. The maximum Gasteiger partial charge on any atom is 0.141 e. The van der Waals surface area contributed by atoms with Gasteiger partial charge >= 0.3 is 0 Å². The highest BCUT2D eigenvalue weighted by Gasteiger charge is 2.12. The summed E-state index contributed by atoms with van der Waals surface area (Å²) in [4.78, 5) is 4.87. The minimum atomic E-state index is 0.685. The third-order valence-electron chi connectivity index (χ3n) is 4.80. The Labute approximate surface area is 160 Å². The monoisotopic (exact) mass is 356 g/mol. The molecule has 0 amide bonds. The molecule has 0 aliphatic rings. The second-order valence-electron chi connectivity index (χ2n) is 6.91. The van der Waals surface area contributed by atoms with Crippen LogP contribution in [0, 0.1) is 13.8 Å². The lowest BCUT2D eigenvalue weighted by atomic mass is 10.1. The van der Waals surface area contributed by atoms with Gasteiger partial charge in [-0.3, -0.25) is 0 Å². The lowest BCUT2D eigenvalue weighted by molar-refractivity contribution is 0.301. The summed E-state index contributed by atoms with van der Waals surface area (Å²) >= 11 is 0. The van der Waals surface area contributed by atoms with E-state index in [1.165, 1.54) is 16.6 Å². The van der Waals surface area contributed by atoms with Crippen LogP contribution in [0.4, 0.5) is 0 Å². The lowest BCUT2D eigenvalue weighted by Crippen LogP contribution is -2.06. The Hall–Kier alpha value is -3.07. The molecule has 4 rings (SSSR count). The molecule has 3 nitrogen and oxygen atoms in total. The molecule has 0 N–H and O–H groups in total. The van der Waals surface area contributed by atoms with E-state index in [1.54, 1.807) is 0 Å². The van der Waals surface area contributed by atoms with E-state index in [4.69, 9.17) is 9.72 Å². The second-order valence-corrected chi connectivity index (χ2v) is 6.91. The minimum absolute atomic E-state index is 0.685.